The van der Waals surface area contributed by atoms with E-state index in [0.29, 0.717) is 6.42 Å². The number of hydrogen-bond donors (Lipinski definition) is 0. The second-order valence-corrected chi connectivity index (χ2v) is 6.33. The smallest absolute Gasteiger partial charge is 0.360 e. The molecular formula is C14H16N2O3S. The van der Waals surface area contributed by atoms with Crippen LogP contribution < -0.4 is 0 Å². The maximum atomic E-state index is 12.2. The molecule has 0 fully saturated rings. The van der Waals surface area contributed by atoms with Crippen LogP contribution in [0.3, 0.4) is 0 Å². The number of carbonyl (C=O) groups is 1. The van der Waals surface area contributed by atoms with E-state index in [2.05, 4.69) is 4.79 Å². The van der Waals surface area contributed by atoms with Crippen LogP contribution in [0.15, 0.2) is 46.9 Å². The molecule has 0 atom stereocenters. The highest BCUT2D eigenvalue weighted by Gasteiger charge is 2.36. The number of sulfone groups is 1. The van der Waals surface area contributed by atoms with Gasteiger partial charge in [0.15, 0.2) is 0 Å². The predicted molar refractivity (Wildman–Crippen MR) is 75.9 cm³/mol. The molecule has 0 aliphatic rings. The van der Waals surface area contributed by atoms with Gasteiger partial charge in [-0.25, -0.2) is 8.42 Å². The van der Waals surface area contributed by atoms with Gasteiger partial charge in [-0.2, -0.15) is 0 Å². The van der Waals surface area contributed by atoms with Crippen LogP contribution in [0, 0.1) is 0 Å². The average molecular weight is 292 g/mol. The molecule has 106 valence electrons. The van der Waals surface area contributed by atoms with Gasteiger partial charge in [0.25, 0.3) is 15.6 Å². The normalized spacial score (nSPS) is 10.5. The van der Waals surface area contributed by atoms with Gasteiger partial charge in [0.2, 0.25) is 0 Å². The zero-order valence-electron chi connectivity index (χ0n) is 11.4. The number of hydrogen-bond acceptors (Lipinski definition) is 3. The molecule has 0 bridgehead atoms. The maximum absolute atomic E-state index is 12.2. The van der Waals surface area contributed by atoms with Crippen LogP contribution in [0.2, 0.25) is 0 Å². The predicted octanol–water partition coefficient (Wildman–Crippen LogP) is 2.40. The lowest BCUT2D eigenvalue weighted by Crippen LogP contribution is -2.25. The molecule has 20 heavy (non-hydrogen) atoms. The Kier molecular flexibility index (Phi) is 5.55. The first-order valence-corrected chi connectivity index (χ1v) is 7.56. The van der Waals surface area contributed by atoms with Gasteiger partial charge in [-0.05, 0) is 32.4 Å². The number of ketones is 1. The first kappa shape index (κ1) is 16.0. The molecule has 0 saturated carbocycles. The third-order valence-corrected chi connectivity index (χ3v) is 4.27. The van der Waals surface area contributed by atoms with Crippen LogP contribution in [0.1, 0.15) is 26.7 Å². The maximum Gasteiger partial charge on any atom is 0.451 e. The van der Waals surface area contributed by atoms with Gasteiger partial charge in [-0.1, -0.05) is 29.8 Å². The van der Waals surface area contributed by atoms with Gasteiger partial charge in [-0.15, -0.1) is 4.79 Å². The Morgan fingerprint density at radius 1 is 1.25 bits per heavy atom. The molecule has 0 radical (unpaired) electrons. The van der Waals surface area contributed by atoms with Crippen molar-refractivity contribution < 1.29 is 18.0 Å². The zero-order chi connectivity index (χ0) is 15.2. The van der Waals surface area contributed by atoms with Crippen molar-refractivity contribution in [2.45, 2.75) is 31.6 Å². The molecule has 0 unspecified atom stereocenters. The van der Waals surface area contributed by atoms with E-state index < -0.39 is 20.7 Å². The Morgan fingerprint density at radius 3 is 2.35 bits per heavy atom. The highest BCUT2D eigenvalue weighted by molar-refractivity contribution is 8.08. The SMILES string of the molecule is CC(C)=CCCC(=O)C(=[N+]=[N-])S(=O)(=O)c1ccccc1. The van der Waals surface area contributed by atoms with E-state index in [9.17, 15) is 13.2 Å². The standard InChI is InChI=1S/C14H16N2O3S/c1-11(2)7-6-10-13(17)14(16-15)20(18,19)12-8-4-3-5-9-12/h3-5,7-9H,6,10H2,1-2H3. The minimum atomic E-state index is -4.07. The topological polar surface area (TPSA) is 87.6 Å². The van der Waals surface area contributed by atoms with E-state index in [-0.39, 0.29) is 11.3 Å². The lowest BCUT2D eigenvalue weighted by molar-refractivity contribution is -0.116. The molecule has 1 aromatic carbocycles. The van der Waals surface area contributed by atoms with E-state index in [1.54, 1.807) is 6.07 Å². The second-order valence-electron chi connectivity index (χ2n) is 4.46. The first-order valence-electron chi connectivity index (χ1n) is 6.08. The van der Waals surface area contributed by atoms with Crippen molar-refractivity contribution in [2.24, 2.45) is 0 Å². The molecule has 0 heterocycles. The molecule has 0 aliphatic heterocycles. The van der Waals surface area contributed by atoms with Gasteiger partial charge in [0.05, 0.1) is 4.90 Å². The van der Waals surface area contributed by atoms with E-state index >= 15 is 0 Å². The van der Waals surface area contributed by atoms with Crippen LogP contribution in [0.5, 0.6) is 0 Å². The molecule has 0 aromatic heterocycles. The molecule has 1 aromatic rings. The summed E-state index contributed by atoms with van der Waals surface area (Å²) in [7, 11) is -4.07. The molecule has 0 spiro atoms. The first-order chi connectivity index (χ1) is 9.39. The molecule has 5 nitrogen and oxygen atoms in total. The summed E-state index contributed by atoms with van der Waals surface area (Å²) >= 11 is 0. The molecule has 0 amide bonds. The van der Waals surface area contributed by atoms with Gasteiger partial charge < -0.3 is 5.53 Å². The lowest BCUT2D eigenvalue weighted by atomic mass is 10.2. The van der Waals surface area contributed by atoms with Crippen molar-refractivity contribution in [2.75, 3.05) is 0 Å². The van der Waals surface area contributed by atoms with Crippen molar-refractivity contribution in [1.29, 1.82) is 0 Å². The third kappa shape index (κ3) is 3.98. The Hall–Kier alpha value is -2.04. The Morgan fingerprint density at radius 2 is 1.85 bits per heavy atom. The summed E-state index contributed by atoms with van der Waals surface area (Å²) in [5.41, 5.74) is 9.91. The fraction of sp³-hybridized carbons (Fsp3) is 0.286. The highest BCUT2D eigenvalue weighted by Crippen LogP contribution is 2.13. The zero-order valence-corrected chi connectivity index (χ0v) is 12.2. The summed E-state index contributed by atoms with van der Waals surface area (Å²) in [5.74, 6) is -0.700. The molecule has 0 aliphatic carbocycles. The fourth-order valence-electron chi connectivity index (χ4n) is 1.57. The number of Topliss-reactive ketones (excluding diaryl/α,β-unsaturated/α-hetero) is 1. The van der Waals surface area contributed by atoms with Crippen LogP contribution in [0.25, 0.3) is 5.53 Å². The number of carbonyl (C=O) groups excluding carboxylic acids is 1. The minimum Gasteiger partial charge on any atom is -0.360 e. The van der Waals surface area contributed by atoms with Gasteiger partial charge in [-0.3, -0.25) is 4.79 Å². The van der Waals surface area contributed by atoms with Crippen molar-refractivity contribution in [3.05, 3.63) is 47.5 Å². The largest absolute Gasteiger partial charge is 0.451 e. The summed E-state index contributed by atoms with van der Waals surface area (Å²) in [5, 5.41) is -0.814. The number of allylic oxidation sites excluding steroid dienone is 2. The summed E-state index contributed by atoms with van der Waals surface area (Å²) in [6, 6.07) is 7.43. The number of nitrogens with zero attached hydrogens (tertiary/aromatic N) is 2. The quantitative estimate of drug-likeness (QED) is 0.274. The molecule has 0 saturated heterocycles. The molecule has 0 N–H and O–H groups in total. The Labute approximate surface area is 118 Å². The van der Waals surface area contributed by atoms with Crippen LogP contribution in [-0.4, -0.2) is 24.0 Å². The molecule has 6 heteroatoms. The van der Waals surface area contributed by atoms with Crippen molar-refractivity contribution in [3.63, 3.8) is 0 Å². The molecular weight excluding hydrogens is 276 g/mol. The average Bonchev–Trinajstić information content (AvgIpc) is 2.39. The van der Waals surface area contributed by atoms with Crippen molar-refractivity contribution in [1.82, 2.24) is 0 Å². The fourth-order valence-corrected chi connectivity index (χ4v) is 2.82. The van der Waals surface area contributed by atoms with E-state index in [4.69, 9.17) is 5.53 Å². The Bertz CT molecular complexity index is 666. The van der Waals surface area contributed by atoms with Gasteiger partial charge in [0, 0.05) is 6.42 Å². The van der Waals surface area contributed by atoms with E-state index in [1.165, 1.54) is 24.3 Å². The van der Waals surface area contributed by atoms with Gasteiger partial charge >= 0.3 is 5.04 Å². The second kappa shape index (κ2) is 6.93. The van der Waals surface area contributed by atoms with E-state index in [1.807, 2.05) is 19.9 Å². The van der Waals surface area contributed by atoms with Crippen LogP contribution >= 0.6 is 0 Å². The summed E-state index contributed by atoms with van der Waals surface area (Å²) in [6.45, 7) is 3.76. The summed E-state index contributed by atoms with van der Waals surface area (Å²) < 4.78 is 24.3. The minimum absolute atomic E-state index is 0.0172. The van der Waals surface area contributed by atoms with Gasteiger partial charge in [0.1, 0.15) is 0 Å². The van der Waals surface area contributed by atoms with Crippen LogP contribution in [-0.2, 0) is 14.6 Å². The van der Waals surface area contributed by atoms with Crippen molar-refractivity contribution in [3.8, 4) is 0 Å². The summed E-state index contributed by atoms with van der Waals surface area (Å²) in [4.78, 5) is 14.5. The number of benzene rings is 1. The van der Waals surface area contributed by atoms with Crippen molar-refractivity contribution >= 4 is 20.7 Å². The Balaban J connectivity index is 3.00. The van der Waals surface area contributed by atoms with E-state index in [0.717, 1.165) is 5.57 Å². The lowest BCUT2D eigenvalue weighted by Gasteiger charge is -1.99. The molecule has 1 rings (SSSR count). The third-order valence-electron chi connectivity index (χ3n) is 2.56. The van der Waals surface area contributed by atoms with Crippen LogP contribution in [0.4, 0.5) is 0 Å². The highest BCUT2D eigenvalue weighted by atomic mass is 32.2. The summed E-state index contributed by atoms with van der Waals surface area (Å²) in [6.07, 6.45) is 2.21. The number of rotatable bonds is 5. The monoisotopic (exact) mass is 292 g/mol.